The SMILES string of the molecule is CC(C)(C)C(=O)N[C@H](C(=O)N1CC2C(C1)C2(C)C)C(C)(C)C. The number of rotatable bonds is 2. The maximum atomic E-state index is 12.9. The number of piperidine rings is 1. The van der Waals surface area contributed by atoms with Crippen molar-refractivity contribution in [2.75, 3.05) is 13.1 Å². The molecule has 0 bridgehead atoms. The van der Waals surface area contributed by atoms with Crippen LogP contribution in [0.1, 0.15) is 55.4 Å². The van der Waals surface area contributed by atoms with Gasteiger partial charge in [0.1, 0.15) is 6.04 Å². The lowest BCUT2D eigenvalue weighted by Gasteiger charge is -2.36. The molecule has 1 aliphatic heterocycles. The first-order valence-electron chi connectivity index (χ1n) is 8.36. The fourth-order valence-electron chi connectivity index (χ4n) is 3.49. The topological polar surface area (TPSA) is 49.4 Å². The highest BCUT2D eigenvalue weighted by Gasteiger charge is 2.63. The first-order valence-corrected chi connectivity index (χ1v) is 8.36. The molecule has 0 aromatic carbocycles. The molecule has 4 heteroatoms. The predicted molar refractivity (Wildman–Crippen MR) is 88.2 cm³/mol. The molecule has 22 heavy (non-hydrogen) atoms. The van der Waals surface area contributed by atoms with Gasteiger partial charge in [0, 0.05) is 18.5 Å². The van der Waals surface area contributed by atoms with Crippen LogP contribution in [0.3, 0.4) is 0 Å². The number of nitrogens with one attached hydrogen (secondary N) is 1. The van der Waals surface area contributed by atoms with Crippen molar-refractivity contribution in [1.29, 1.82) is 0 Å². The summed E-state index contributed by atoms with van der Waals surface area (Å²) in [5.74, 6) is 1.28. The second-order valence-electron chi connectivity index (χ2n) is 9.80. The van der Waals surface area contributed by atoms with E-state index in [4.69, 9.17) is 0 Å². The van der Waals surface area contributed by atoms with E-state index < -0.39 is 11.5 Å². The number of fused-ring (bicyclic) bond motifs is 1. The summed E-state index contributed by atoms with van der Waals surface area (Å²) in [6, 6.07) is -0.458. The van der Waals surface area contributed by atoms with Crippen molar-refractivity contribution in [1.82, 2.24) is 10.2 Å². The summed E-state index contributed by atoms with van der Waals surface area (Å²) in [7, 11) is 0. The minimum atomic E-state index is -0.487. The van der Waals surface area contributed by atoms with Gasteiger partial charge < -0.3 is 10.2 Å². The molecule has 1 heterocycles. The van der Waals surface area contributed by atoms with Crippen molar-refractivity contribution in [2.45, 2.75) is 61.4 Å². The van der Waals surface area contributed by atoms with E-state index in [1.54, 1.807) is 0 Å². The summed E-state index contributed by atoms with van der Waals surface area (Å²) >= 11 is 0. The van der Waals surface area contributed by atoms with Crippen LogP contribution in [0, 0.1) is 28.1 Å². The smallest absolute Gasteiger partial charge is 0.245 e. The molecular formula is C18H32N2O2. The third kappa shape index (κ3) is 3.02. The second kappa shape index (κ2) is 4.97. The quantitative estimate of drug-likeness (QED) is 0.852. The molecule has 1 saturated heterocycles. The average Bonchev–Trinajstić information content (AvgIpc) is 2.75. The Kier molecular flexibility index (Phi) is 3.91. The van der Waals surface area contributed by atoms with Gasteiger partial charge in [0.05, 0.1) is 0 Å². The Morgan fingerprint density at radius 1 is 1.05 bits per heavy atom. The minimum absolute atomic E-state index is 0.0644. The van der Waals surface area contributed by atoms with E-state index in [9.17, 15) is 9.59 Å². The van der Waals surface area contributed by atoms with Crippen molar-refractivity contribution in [2.24, 2.45) is 28.1 Å². The van der Waals surface area contributed by atoms with Gasteiger partial charge in [0.25, 0.3) is 0 Å². The lowest BCUT2D eigenvalue weighted by molar-refractivity contribution is -0.141. The Morgan fingerprint density at radius 2 is 1.50 bits per heavy atom. The van der Waals surface area contributed by atoms with E-state index >= 15 is 0 Å². The Labute approximate surface area is 135 Å². The lowest BCUT2D eigenvalue weighted by atomic mass is 9.84. The van der Waals surface area contributed by atoms with E-state index in [0.29, 0.717) is 17.3 Å². The van der Waals surface area contributed by atoms with Crippen LogP contribution in [0.15, 0.2) is 0 Å². The van der Waals surface area contributed by atoms with Crippen molar-refractivity contribution in [3.8, 4) is 0 Å². The second-order valence-corrected chi connectivity index (χ2v) is 9.80. The summed E-state index contributed by atoms with van der Waals surface area (Å²) in [5.41, 5.74) is -0.387. The van der Waals surface area contributed by atoms with Crippen LogP contribution >= 0.6 is 0 Å². The van der Waals surface area contributed by atoms with Crippen LogP contribution in [0.4, 0.5) is 0 Å². The molecule has 2 amide bonds. The number of hydrogen-bond donors (Lipinski definition) is 1. The van der Waals surface area contributed by atoms with Crippen LogP contribution in [-0.4, -0.2) is 35.8 Å². The Hall–Kier alpha value is -1.06. The van der Waals surface area contributed by atoms with Crippen molar-refractivity contribution >= 4 is 11.8 Å². The minimum Gasteiger partial charge on any atom is -0.343 e. The molecule has 1 N–H and O–H groups in total. The van der Waals surface area contributed by atoms with Gasteiger partial charge in [-0.15, -0.1) is 0 Å². The van der Waals surface area contributed by atoms with Crippen LogP contribution in [-0.2, 0) is 9.59 Å². The fraction of sp³-hybridized carbons (Fsp3) is 0.889. The predicted octanol–water partition coefficient (Wildman–Crippen LogP) is 2.68. The molecule has 2 rings (SSSR count). The van der Waals surface area contributed by atoms with Crippen LogP contribution in [0.25, 0.3) is 0 Å². The van der Waals surface area contributed by atoms with Crippen LogP contribution in [0.5, 0.6) is 0 Å². The van der Waals surface area contributed by atoms with Crippen molar-refractivity contribution in [3.63, 3.8) is 0 Å². The van der Waals surface area contributed by atoms with Gasteiger partial charge in [-0.25, -0.2) is 0 Å². The Balaban J connectivity index is 2.08. The molecule has 4 nitrogen and oxygen atoms in total. The molecular weight excluding hydrogens is 276 g/mol. The molecule has 0 aromatic rings. The van der Waals surface area contributed by atoms with E-state index in [-0.39, 0.29) is 17.2 Å². The summed E-state index contributed by atoms with van der Waals surface area (Å²) in [5, 5.41) is 2.99. The van der Waals surface area contributed by atoms with E-state index in [1.807, 2.05) is 46.4 Å². The summed E-state index contributed by atoms with van der Waals surface area (Å²) < 4.78 is 0. The maximum Gasteiger partial charge on any atom is 0.245 e. The molecule has 3 atom stereocenters. The molecule has 0 aromatic heterocycles. The number of carbonyl (C=O) groups excluding carboxylic acids is 2. The van der Waals surface area contributed by atoms with E-state index in [1.165, 1.54) is 0 Å². The highest BCUT2D eigenvalue weighted by atomic mass is 16.2. The number of carbonyl (C=O) groups is 2. The maximum absolute atomic E-state index is 12.9. The van der Waals surface area contributed by atoms with Gasteiger partial charge in [-0.2, -0.15) is 0 Å². The molecule has 1 aliphatic carbocycles. The van der Waals surface area contributed by atoms with Crippen LogP contribution in [0.2, 0.25) is 0 Å². The van der Waals surface area contributed by atoms with Gasteiger partial charge in [0.15, 0.2) is 0 Å². The van der Waals surface area contributed by atoms with Crippen molar-refractivity contribution < 1.29 is 9.59 Å². The highest BCUT2D eigenvalue weighted by molar-refractivity contribution is 5.90. The first-order chi connectivity index (χ1) is 9.76. The molecule has 2 unspecified atom stereocenters. The molecule has 2 fully saturated rings. The molecule has 1 saturated carbocycles. The summed E-state index contributed by atoms with van der Waals surface area (Å²) in [4.78, 5) is 27.2. The Morgan fingerprint density at radius 3 is 1.86 bits per heavy atom. The number of amides is 2. The third-order valence-electron chi connectivity index (χ3n) is 5.50. The lowest BCUT2D eigenvalue weighted by Crippen LogP contribution is -2.56. The first kappa shape index (κ1) is 17.3. The molecule has 2 aliphatic rings. The molecule has 0 spiro atoms. The standard InChI is InChI=1S/C18H32N2O2/c1-16(2,3)13(19-15(22)17(4,5)6)14(21)20-9-11-12(10-20)18(11,7)8/h11-13H,9-10H2,1-8H3,(H,19,22)/t11?,12?,13-/m1/s1. The largest absolute Gasteiger partial charge is 0.343 e. The zero-order valence-electron chi connectivity index (χ0n) is 15.4. The summed E-state index contributed by atoms with van der Waals surface area (Å²) in [6.45, 7) is 17.9. The zero-order valence-corrected chi connectivity index (χ0v) is 15.4. The number of nitrogens with zero attached hydrogens (tertiary/aromatic N) is 1. The molecule has 0 radical (unpaired) electrons. The zero-order chi connectivity index (χ0) is 17.1. The van der Waals surface area contributed by atoms with E-state index in [2.05, 4.69) is 19.2 Å². The van der Waals surface area contributed by atoms with Gasteiger partial charge in [0.2, 0.25) is 11.8 Å². The third-order valence-corrected chi connectivity index (χ3v) is 5.50. The number of likely N-dealkylation sites (tertiary alicyclic amines) is 1. The van der Waals surface area contributed by atoms with Gasteiger partial charge in [-0.3, -0.25) is 9.59 Å². The number of hydrogen-bond acceptors (Lipinski definition) is 2. The molecule has 126 valence electrons. The van der Waals surface area contributed by atoms with E-state index in [0.717, 1.165) is 13.1 Å². The van der Waals surface area contributed by atoms with Gasteiger partial charge in [-0.1, -0.05) is 55.4 Å². The normalized spacial score (nSPS) is 28.1. The fourth-order valence-corrected chi connectivity index (χ4v) is 3.49. The summed E-state index contributed by atoms with van der Waals surface area (Å²) in [6.07, 6.45) is 0. The highest BCUT2D eigenvalue weighted by Crippen LogP contribution is 2.62. The van der Waals surface area contributed by atoms with Crippen LogP contribution < -0.4 is 5.32 Å². The monoisotopic (exact) mass is 308 g/mol. The Bertz CT molecular complexity index is 468. The van der Waals surface area contributed by atoms with Crippen molar-refractivity contribution in [3.05, 3.63) is 0 Å². The average molecular weight is 308 g/mol. The van der Waals surface area contributed by atoms with Gasteiger partial charge in [-0.05, 0) is 22.7 Å². The van der Waals surface area contributed by atoms with Gasteiger partial charge >= 0.3 is 0 Å².